The highest BCUT2D eigenvalue weighted by atomic mass is 32.1. The van der Waals surface area contributed by atoms with Gasteiger partial charge in [-0.15, -0.1) is 0 Å². The van der Waals surface area contributed by atoms with Crippen molar-refractivity contribution >= 4 is 23.2 Å². The number of aryl methyl sites for hydroxylation is 1. The van der Waals surface area contributed by atoms with Gasteiger partial charge >= 0.3 is 5.97 Å². The molecule has 2 heterocycles. The number of carboxylic acids is 1. The summed E-state index contributed by atoms with van der Waals surface area (Å²) in [6.07, 6.45) is 0. The maximum absolute atomic E-state index is 12.6. The van der Waals surface area contributed by atoms with Crippen LogP contribution in [0.4, 0.5) is 0 Å². The molecule has 0 saturated heterocycles. The smallest absolute Gasteiger partial charge is 0.323 e. The first-order valence-electron chi connectivity index (χ1n) is 6.93. The van der Waals surface area contributed by atoms with Crippen molar-refractivity contribution in [1.82, 2.24) is 9.88 Å². The number of amides is 1. The predicted octanol–water partition coefficient (Wildman–Crippen LogP) is 3.05. The molecule has 0 bridgehead atoms. The molecule has 0 spiro atoms. The molecule has 2 aromatic heterocycles. The van der Waals surface area contributed by atoms with Gasteiger partial charge < -0.3 is 10.0 Å². The van der Waals surface area contributed by atoms with Crippen molar-refractivity contribution in [2.45, 2.75) is 26.8 Å². The zero-order valence-electron chi connectivity index (χ0n) is 12.7. The third-order valence-corrected chi connectivity index (χ3v) is 4.01. The van der Waals surface area contributed by atoms with Crippen LogP contribution < -0.4 is 0 Å². The van der Waals surface area contributed by atoms with Crippen LogP contribution in [0.1, 0.15) is 29.9 Å². The number of carbonyl (C=O) groups excluding carboxylic acids is 1. The van der Waals surface area contributed by atoms with Crippen molar-refractivity contribution < 1.29 is 14.7 Å². The summed E-state index contributed by atoms with van der Waals surface area (Å²) in [6, 6.07) is 5.29. The second-order valence-electron chi connectivity index (χ2n) is 5.26. The van der Waals surface area contributed by atoms with Gasteiger partial charge in [-0.2, -0.15) is 11.3 Å². The molecule has 0 saturated carbocycles. The van der Waals surface area contributed by atoms with Gasteiger partial charge in [-0.3, -0.25) is 14.6 Å². The molecule has 0 aromatic carbocycles. The Balaban J connectivity index is 2.31. The molecule has 2 rings (SSSR count). The van der Waals surface area contributed by atoms with Crippen molar-refractivity contribution in [1.29, 1.82) is 0 Å². The lowest BCUT2D eigenvalue weighted by atomic mass is 10.1. The summed E-state index contributed by atoms with van der Waals surface area (Å²) < 4.78 is 0. The molecule has 0 radical (unpaired) electrons. The minimum absolute atomic E-state index is 0.195. The first-order chi connectivity index (χ1) is 10.4. The van der Waals surface area contributed by atoms with Gasteiger partial charge in [-0.05, 0) is 44.4 Å². The van der Waals surface area contributed by atoms with E-state index in [0.29, 0.717) is 11.3 Å². The van der Waals surface area contributed by atoms with E-state index < -0.39 is 5.97 Å². The van der Waals surface area contributed by atoms with Crippen LogP contribution in [0, 0.1) is 6.92 Å². The monoisotopic (exact) mass is 318 g/mol. The zero-order valence-corrected chi connectivity index (χ0v) is 13.6. The predicted molar refractivity (Wildman–Crippen MR) is 86.1 cm³/mol. The summed E-state index contributed by atoms with van der Waals surface area (Å²) in [7, 11) is 0. The Kier molecular flexibility index (Phi) is 4.92. The normalized spacial score (nSPS) is 10.7. The Hall–Kier alpha value is -2.21. The van der Waals surface area contributed by atoms with Gasteiger partial charge in [0.25, 0.3) is 5.91 Å². The van der Waals surface area contributed by atoms with E-state index >= 15 is 0 Å². The second-order valence-corrected chi connectivity index (χ2v) is 6.04. The molecule has 0 fully saturated rings. The molecule has 6 heteroatoms. The molecule has 0 atom stereocenters. The van der Waals surface area contributed by atoms with E-state index in [2.05, 4.69) is 4.98 Å². The number of thiophene rings is 1. The lowest BCUT2D eigenvalue weighted by molar-refractivity contribution is -0.138. The SMILES string of the molecule is Cc1nc(-c2ccsc2)ccc1C(=O)N(CC(=O)O)C(C)C. The summed E-state index contributed by atoms with van der Waals surface area (Å²) in [5, 5.41) is 12.9. The van der Waals surface area contributed by atoms with E-state index in [1.54, 1.807) is 44.2 Å². The molecule has 1 N–H and O–H groups in total. The average molecular weight is 318 g/mol. The Bertz CT molecular complexity index is 681. The fourth-order valence-corrected chi connectivity index (χ4v) is 2.80. The fourth-order valence-electron chi connectivity index (χ4n) is 2.15. The van der Waals surface area contributed by atoms with Gasteiger partial charge in [-0.25, -0.2) is 0 Å². The molecule has 1 amide bonds. The summed E-state index contributed by atoms with van der Waals surface area (Å²) in [5.41, 5.74) is 2.86. The Morgan fingerprint density at radius 3 is 2.55 bits per heavy atom. The van der Waals surface area contributed by atoms with Crippen LogP contribution in [0.5, 0.6) is 0 Å². The standard InChI is InChI=1S/C16H18N2O3S/c1-10(2)18(8-15(19)20)16(21)13-4-5-14(17-11(13)3)12-6-7-22-9-12/h4-7,9-10H,8H2,1-3H3,(H,19,20). The molecule has 22 heavy (non-hydrogen) atoms. The number of nitrogens with zero attached hydrogens (tertiary/aromatic N) is 2. The number of carbonyl (C=O) groups is 2. The maximum atomic E-state index is 12.6. The Morgan fingerprint density at radius 1 is 1.32 bits per heavy atom. The zero-order chi connectivity index (χ0) is 16.3. The van der Waals surface area contributed by atoms with Crippen LogP contribution in [0.15, 0.2) is 29.0 Å². The van der Waals surface area contributed by atoms with Crippen LogP contribution in [0.2, 0.25) is 0 Å². The van der Waals surface area contributed by atoms with Crippen LogP contribution in [-0.2, 0) is 4.79 Å². The van der Waals surface area contributed by atoms with Gasteiger partial charge in [0.1, 0.15) is 6.54 Å². The number of carboxylic acid groups (broad SMARTS) is 1. The van der Waals surface area contributed by atoms with E-state index in [1.165, 1.54) is 4.90 Å². The third-order valence-electron chi connectivity index (χ3n) is 3.32. The highest BCUT2D eigenvalue weighted by molar-refractivity contribution is 7.08. The topological polar surface area (TPSA) is 70.5 Å². The molecule has 0 unspecified atom stereocenters. The largest absolute Gasteiger partial charge is 0.480 e. The Morgan fingerprint density at radius 2 is 2.05 bits per heavy atom. The molecular weight excluding hydrogens is 300 g/mol. The van der Waals surface area contributed by atoms with Crippen molar-refractivity contribution in [3.8, 4) is 11.3 Å². The number of hydrogen-bond donors (Lipinski definition) is 1. The number of pyridine rings is 1. The fraction of sp³-hybridized carbons (Fsp3) is 0.312. The molecule has 5 nitrogen and oxygen atoms in total. The van der Waals surface area contributed by atoms with Crippen LogP contribution in [0.3, 0.4) is 0 Å². The molecule has 0 aliphatic rings. The van der Waals surface area contributed by atoms with Crippen LogP contribution in [-0.4, -0.2) is 39.5 Å². The first kappa shape index (κ1) is 16.2. The van der Waals surface area contributed by atoms with Gasteiger partial charge in [0.05, 0.1) is 17.0 Å². The van der Waals surface area contributed by atoms with Gasteiger partial charge in [-0.1, -0.05) is 0 Å². The van der Waals surface area contributed by atoms with E-state index in [9.17, 15) is 9.59 Å². The lowest BCUT2D eigenvalue weighted by Gasteiger charge is -2.25. The van der Waals surface area contributed by atoms with Crippen molar-refractivity contribution in [2.24, 2.45) is 0 Å². The van der Waals surface area contributed by atoms with Gasteiger partial charge in [0.15, 0.2) is 0 Å². The molecule has 116 valence electrons. The number of aromatic nitrogens is 1. The third kappa shape index (κ3) is 3.51. The van der Waals surface area contributed by atoms with Gasteiger partial charge in [0.2, 0.25) is 0 Å². The van der Waals surface area contributed by atoms with Crippen molar-refractivity contribution in [2.75, 3.05) is 6.54 Å². The number of rotatable bonds is 5. The quantitative estimate of drug-likeness (QED) is 0.920. The average Bonchev–Trinajstić information content (AvgIpc) is 2.97. The highest BCUT2D eigenvalue weighted by Crippen LogP contribution is 2.22. The number of aliphatic carboxylic acids is 1. The maximum Gasteiger partial charge on any atom is 0.323 e. The van der Waals surface area contributed by atoms with Crippen LogP contribution in [0.25, 0.3) is 11.3 Å². The highest BCUT2D eigenvalue weighted by Gasteiger charge is 2.23. The first-order valence-corrected chi connectivity index (χ1v) is 7.87. The summed E-state index contributed by atoms with van der Waals surface area (Å²) >= 11 is 1.59. The Labute approximate surface area is 133 Å². The van der Waals surface area contributed by atoms with E-state index in [-0.39, 0.29) is 18.5 Å². The summed E-state index contributed by atoms with van der Waals surface area (Å²) in [5.74, 6) is -1.33. The summed E-state index contributed by atoms with van der Waals surface area (Å²) in [4.78, 5) is 29.3. The molecule has 0 aliphatic carbocycles. The molecule has 0 aliphatic heterocycles. The van der Waals surface area contributed by atoms with Gasteiger partial charge in [0, 0.05) is 17.0 Å². The van der Waals surface area contributed by atoms with Crippen molar-refractivity contribution in [3.05, 3.63) is 40.2 Å². The second kappa shape index (κ2) is 6.70. The van der Waals surface area contributed by atoms with E-state index in [1.807, 2.05) is 16.8 Å². The van der Waals surface area contributed by atoms with Crippen molar-refractivity contribution in [3.63, 3.8) is 0 Å². The lowest BCUT2D eigenvalue weighted by Crippen LogP contribution is -2.41. The number of hydrogen-bond acceptors (Lipinski definition) is 4. The summed E-state index contributed by atoms with van der Waals surface area (Å²) in [6.45, 7) is 5.04. The van der Waals surface area contributed by atoms with E-state index in [0.717, 1.165) is 11.3 Å². The minimum atomic E-state index is -1.03. The van der Waals surface area contributed by atoms with Crippen LogP contribution >= 0.6 is 11.3 Å². The molecule has 2 aromatic rings. The van der Waals surface area contributed by atoms with E-state index in [4.69, 9.17) is 5.11 Å². The molecular formula is C16H18N2O3S. The minimum Gasteiger partial charge on any atom is -0.480 e.